The Kier molecular flexibility index (Phi) is 4.69. The van der Waals surface area contributed by atoms with E-state index in [1.54, 1.807) is 6.07 Å². The molecule has 0 aliphatic carbocycles. The zero-order chi connectivity index (χ0) is 15.5. The van der Waals surface area contributed by atoms with Crippen molar-refractivity contribution in [2.24, 2.45) is 5.41 Å². The molecule has 1 heterocycles. The number of carboxylic acid groups (broad SMARTS) is 1. The highest BCUT2D eigenvalue weighted by molar-refractivity contribution is 6.32. The Morgan fingerprint density at radius 3 is 2.67 bits per heavy atom. The highest BCUT2D eigenvalue weighted by Crippen LogP contribution is 2.34. The number of anilines is 1. The molecule has 1 aliphatic heterocycles. The molecule has 21 heavy (non-hydrogen) atoms. The number of carboxylic acids is 1. The average molecular weight is 314 g/mol. The monoisotopic (exact) mass is 313 g/mol. The van der Waals surface area contributed by atoms with E-state index >= 15 is 0 Å². The second kappa shape index (κ2) is 6.32. The third-order valence-electron chi connectivity index (χ3n) is 3.46. The summed E-state index contributed by atoms with van der Waals surface area (Å²) in [6, 6.07) is 4.67. The number of benzene rings is 1. The fourth-order valence-corrected chi connectivity index (χ4v) is 2.18. The van der Waals surface area contributed by atoms with Gasteiger partial charge >= 0.3 is 5.97 Å². The lowest BCUT2D eigenvalue weighted by molar-refractivity contribution is -0.156. The number of halogens is 1. The van der Waals surface area contributed by atoms with E-state index in [0.29, 0.717) is 25.3 Å². The molecule has 0 bridgehead atoms. The van der Waals surface area contributed by atoms with Gasteiger partial charge in [-0.1, -0.05) is 18.5 Å². The van der Waals surface area contributed by atoms with Crippen molar-refractivity contribution in [2.45, 2.75) is 13.3 Å². The number of amides is 1. The van der Waals surface area contributed by atoms with E-state index in [4.69, 9.17) is 26.2 Å². The van der Waals surface area contributed by atoms with Crippen LogP contribution in [-0.2, 0) is 14.3 Å². The zero-order valence-electron chi connectivity index (χ0n) is 11.5. The van der Waals surface area contributed by atoms with E-state index in [0.717, 1.165) is 0 Å². The summed E-state index contributed by atoms with van der Waals surface area (Å²) in [4.78, 5) is 22.7. The molecule has 0 saturated carbocycles. The lowest BCUT2D eigenvalue weighted by atomic mass is 9.82. The lowest BCUT2D eigenvalue weighted by Crippen LogP contribution is -2.51. The lowest BCUT2D eigenvalue weighted by Gasteiger charge is -2.38. The van der Waals surface area contributed by atoms with Gasteiger partial charge in [0.25, 0.3) is 0 Å². The number of aliphatic carboxylic acids is 1. The fourth-order valence-electron chi connectivity index (χ4n) is 1.94. The van der Waals surface area contributed by atoms with Crippen LogP contribution in [0.25, 0.3) is 0 Å². The first-order valence-corrected chi connectivity index (χ1v) is 6.88. The highest BCUT2D eigenvalue weighted by atomic mass is 35.5. The van der Waals surface area contributed by atoms with Gasteiger partial charge in [-0.05, 0) is 24.6 Å². The standard InChI is InChI=1S/C14H16ClNO5/c1-2-14(7-20-8-14)13(19)16-9-3-4-11(10(15)5-9)21-6-12(17)18/h3-5H,2,6-8H2,1H3,(H,16,19)(H,17,18). The number of nitrogens with one attached hydrogen (secondary N) is 1. The van der Waals surface area contributed by atoms with E-state index in [-0.39, 0.29) is 16.7 Å². The van der Waals surface area contributed by atoms with Crippen LogP contribution in [0.4, 0.5) is 5.69 Å². The molecule has 0 spiro atoms. The second-order valence-corrected chi connectivity index (χ2v) is 5.32. The predicted octanol–water partition coefficient (Wildman–Crippen LogP) is 2.17. The Morgan fingerprint density at radius 1 is 1.48 bits per heavy atom. The van der Waals surface area contributed by atoms with E-state index in [9.17, 15) is 9.59 Å². The predicted molar refractivity (Wildman–Crippen MR) is 76.8 cm³/mol. The molecule has 1 aromatic carbocycles. The summed E-state index contributed by atoms with van der Waals surface area (Å²) >= 11 is 6.00. The molecule has 2 N–H and O–H groups in total. The van der Waals surface area contributed by atoms with Crippen LogP contribution in [0.15, 0.2) is 18.2 Å². The maximum absolute atomic E-state index is 12.2. The molecule has 1 aliphatic rings. The van der Waals surface area contributed by atoms with Gasteiger partial charge in [0.2, 0.25) is 5.91 Å². The van der Waals surface area contributed by atoms with E-state index in [2.05, 4.69) is 5.32 Å². The summed E-state index contributed by atoms with van der Waals surface area (Å²) in [5.74, 6) is -0.931. The number of rotatable bonds is 6. The molecule has 1 amide bonds. The van der Waals surface area contributed by atoms with Crippen LogP contribution in [0.5, 0.6) is 5.75 Å². The van der Waals surface area contributed by atoms with Gasteiger partial charge in [-0.3, -0.25) is 4.79 Å². The van der Waals surface area contributed by atoms with Gasteiger partial charge in [-0.25, -0.2) is 4.79 Å². The zero-order valence-corrected chi connectivity index (χ0v) is 12.3. The molecule has 0 unspecified atom stereocenters. The van der Waals surface area contributed by atoms with Gasteiger partial charge in [0.1, 0.15) is 5.75 Å². The normalized spacial score (nSPS) is 15.9. The minimum absolute atomic E-state index is 0.105. The third-order valence-corrected chi connectivity index (χ3v) is 3.75. The maximum atomic E-state index is 12.2. The molecule has 6 nitrogen and oxygen atoms in total. The van der Waals surface area contributed by atoms with Crippen molar-refractivity contribution in [3.05, 3.63) is 23.2 Å². The van der Waals surface area contributed by atoms with E-state index in [1.807, 2.05) is 6.92 Å². The smallest absolute Gasteiger partial charge is 0.341 e. The topological polar surface area (TPSA) is 84.9 Å². The number of carbonyl (C=O) groups is 2. The average Bonchev–Trinajstić information content (AvgIpc) is 2.37. The summed E-state index contributed by atoms with van der Waals surface area (Å²) < 4.78 is 10.1. The third kappa shape index (κ3) is 3.46. The van der Waals surface area contributed by atoms with Gasteiger partial charge in [-0.15, -0.1) is 0 Å². The highest BCUT2D eigenvalue weighted by Gasteiger charge is 2.44. The van der Waals surface area contributed by atoms with Gasteiger partial charge < -0.3 is 19.9 Å². The second-order valence-electron chi connectivity index (χ2n) is 4.91. The van der Waals surface area contributed by atoms with Crippen LogP contribution in [0.1, 0.15) is 13.3 Å². The van der Waals surface area contributed by atoms with Crippen LogP contribution >= 0.6 is 11.6 Å². The quantitative estimate of drug-likeness (QED) is 0.840. The number of hydrogen-bond acceptors (Lipinski definition) is 4. The van der Waals surface area contributed by atoms with Gasteiger partial charge in [-0.2, -0.15) is 0 Å². The first kappa shape index (κ1) is 15.6. The van der Waals surface area contributed by atoms with Crippen LogP contribution in [0.3, 0.4) is 0 Å². The fraction of sp³-hybridized carbons (Fsp3) is 0.429. The van der Waals surface area contributed by atoms with E-state index < -0.39 is 18.0 Å². The number of ether oxygens (including phenoxy) is 2. The molecular formula is C14H16ClNO5. The molecule has 0 radical (unpaired) electrons. The van der Waals surface area contributed by atoms with Crippen molar-refractivity contribution < 1.29 is 24.2 Å². The van der Waals surface area contributed by atoms with E-state index in [1.165, 1.54) is 12.1 Å². The first-order valence-electron chi connectivity index (χ1n) is 6.50. The van der Waals surface area contributed by atoms with Crippen LogP contribution in [-0.4, -0.2) is 36.8 Å². The minimum atomic E-state index is -1.08. The molecule has 0 aromatic heterocycles. The molecule has 1 aromatic rings. The van der Waals surface area contributed by atoms with Crippen LogP contribution < -0.4 is 10.1 Å². The Hall–Kier alpha value is -1.79. The minimum Gasteiger partial charge on any atom is -0.480 e. The van der Waals surface area contributed by atoms with Crippen LogP contribution in [0, 0.1) is 5.41 Å². The molecule has 0 atom stereocenters. The molecule has 114 valence electrons. The van der Waals surface area contributed by atoms with Gasteiger partial charge in [0, 0.05) is 5.69 Å². The Morgan fingerprint density at radius 2 is 2.19 bits per heavy atom. The number of carbonyl (C=O) groups excluding carboxylic acids is 1. The molecule has 2 rings (SSSR count). The number of hydrogen-bond donors (Lipinski definition) is 2. The largest absolute Gasteiger partial charge is 0.480 e. The summed E-state index contributed by atoms with van der Waals surface area (Å²) in [6.45, 7) is 2.31. The van der Waals surface area contributed by atoms with Crippen molar-refractivity contribution >= 4 is 29.2 Å². The van der Waals surface area contributed by atoms with Crippen molar-refractivity contribution in [2.75, 3.05) is 25.1 Å². The summed E-state index contributed by atoms with van der Waals surface area (Å²) in [6.07, 6.45) is 0.701. The summed E-state index contributed by atoms with van der Waals surface area (Å²) in [5.41, 5.74) is 0.0673. The summed E-state index contributed by atoms with van der Waals surface area (Å²) in [7, 11) is 0. The summed E-state index contributed by atoms with van der Waals surface area (Å²) in [5, 5.41) is 11.6. The Bertz CT molecular complexity index is 551. The van der Waals surface area contributed by atoms with Crippen molar-refractivity contribution in [3.63, 3.8) is 0 Å². The van der Waals surface area contributed by atoms with Gasteiger partial charge in [0.15, 0.2) is 6.61 Å². The molecule has 7 heteroatoms. The van der Waals surface area contributed by atoms with Crippen molar-refractivity contribution in [1.82, 2.24) is 0 Å². The van der Waals surface area contributed by atoms with Crippen LogP contribution in [0.2, 0.25) is 5.02 Å². The van der Waals surface area contributed by atoms with Gasteiger partial charge in [0.05, 0.1) is 23.7 Å². The Labute approximate surface area is 127 Å². The Balaban J connectivity index is 2.03. The molecule has 1 fully saturated rings. The first-order chi connectivity index (χ1) is 9.97. The molecule has 1 saturated heterocycles. The van der Waals surface area contributed by atoms with Crippen molar-refractivity contribution in [3.8, 4) is 5.75 Å². The molecular weight excluding hydrogens is 298 g/mol. The SMILES string of the molecule is CCC1(C(=O)Nc2ccc(OCC(=O)O)c(Cl)c2)COC1. The van der Waals surface area contributed by atoms with Crippen molar-refractivity contribution in [1.29, 1.82) is 0 Å². The maximum Gasteiger partial charge on any atom is 0.341 e.